The van der Waals surface area contributed by atoms with Gasteiger partial charge in [0.05, 0.1) is 6.04 Å². The fourth-order valence-corrected chi connectivity index (χ4v) is 3.89. The fraction of sp³-hybridized carbons (Fsp3) is 0.235. The van der Waals surface area contributed by atoms with Gasteiger partial charge in [0.15, 0.2) is 10.8 Å². The SMILES string of the molecule is C[C@]12C[C@@H](NC(=S)N1c1ccc(Cl)cc1)c1cc(F)ccc1O2. The van der Waals surface area contributed by atoms with Gasteiger partial charge in [-0.05, 0) is 61.6 Å². The third-order valence-electron chi connectivity index (χ3n) is 4.32. The molecule has 23 heavy (non-hydrogen) atoms. The molecule has 0 saturated carbocycles. The lowest BCUT2D eigenvalue weighted by molar-refractivity contribution is 0.0495. The Hall–Kier alpha value is -1.85. The lowest BCUT2D eigenvalue weighted by Crippen LogP contribution is -2.65. The summed E-state index contributed by atoms with van der Waals surface area (Å²) in [5, 5.41) is 4.52. The molecule has 2 heterocycles. The lowest BCUT2D eigenvalue weighted by Gasteiger charge is -2.52. The minimum absolute atomic E-state index is 0.0597. The van der Waals surface area contributed by atoms with Crippen molar-refractivity contribution in [3.8, 4) is 5.75 Å². The molecule has 0 radical (unpaired) electrons. The first kappa shape index (κ1) is 14.7. The molecule has 2 aromatic rings. The molecule has 2 aromatic carbocycles. The summed E-state index contributed by atoms with van der Waals surface area (Å²) in [5.41, 5.74) is 1.07. The molecule has 2 aliphatic rings. The highest BCUT2D eigenvalue weighted by Gasteiger charge is 2.48. The number of rotatable bonds is 1. The van der Waals surface area contributed by atoms with E-state index in [0.717, 1.165) is 11.3 Å². The van der Waals surface area contributed by atoms with Gasteiger partial charge in [0.2, 0.25) is 0 Å². The summed E-state index contributed by atoms with van der Waals surface area (Å²) in [6.45, 7) is 1.99. The van der Waals surface area contributed by atoms with Crippen LogP contribution in [0.1, 0.15) is 24.9 Å². The van der Waals surface area contributed by atoms with Gasteiger partial charge in [-0.1, -0.05) is 11.6 Å². The largest absolute Gasteiger partial charge is 0.467 e. The van der Waals surface area contributed by atoms with E-state index in [-0.39, 0.29) is 11.9 Å². The highest BCUT2D eigenvalue weighted by Crippen LogP contribution is 2.45. The van der Waals surface area contributed by atoms with Gasteiger partial charge < -0.3 is 10.1 Å². The first-order valence-electron chi connectivity index (χ1n) is 7.31. The van der Waals surface area contributed by atoms with Gasteiger partial charge in [-0.15, -0.1) is 0 Å². The summed E-state index contributed by atoms with van der Waals surface area (Å²) < 4.78 is 19.8. The van der Waals surface area contributed by atoms with Crippen molar-refractivity contribution in [2.75, 3.05) is 4.90 Å². The maximum absolute atomic E-state index is 13.6. The van der Waals surface area contributed by atoms with Crippen molar-refractivity contribution in [2.24, 2.45) is 0 Å². The van der Waals surface area contributed by atoms with Crippen molar-refractivity contribution in [2.45, 2.75) is 25.1 Å². The maximum Gasteiger partial charge on any atom is 0.188 e. The quantitative estimate of drug-likeness (QED) is 0.771. The van der Waals surface area contributed by atoms with E-state index in [1.165, 1.54) is 12.1 Å². The molecule has 118 valence electrons. The van der Waals surface area contributed by atoms with Crippen molar-refractivity contribution in [3.63, 3.8) is 0 Å². The summed E-state index contributed by atoms with van der Waals surface area (Å²) in [6, 6.07) is 12.0. The molecule has 0 aliphatic carbocycles. The van der Waals surface area contributed by atoms with E-state index >= 15 is 0 Å². The van der Waals surface area contributed by atoms with Crippen LogP contribution >= 0.6 is 23.8 Å². The number of hydrogen-bond donors (Lipinski definition) is 1. The van der Waals surface area contributed by atoms with Crippen LogP contribution < -0.4 is 15.0 Å². The van der Waals surface area contributed by atoms with E-state index in [2.05, 4.69) is 5.32 Å². The molecule has 6 heteroatoms. The zero-order valence-corrected chi connectivity index (χ0v) is 13.9. The highest BCUT2D eigenvalue weighted by molar-refractivity contribution is 7.80. The summed E-state index contributed by atoms with van der Waals surface area (Å²) in [5.74, 6) is 0.405. The topological polar surface area (TPSA) is 24.5 Å². The second-order valence-electron chi connectivity index (χ2n) is 5.98. The molecule has 3 nitrogen and oxygen atoms in total. The highest BCUT2D eigenvalue weighted by atomic mass is 35.5. The summed E-state index contributed by atoms with van der Waals surface area (Å²) in [7, 11) is 0. The number of ether oxygens (including phenoxy) is 1. The number of nitrogens with one attached hydrogen (secondary N) is 1. The molecule has 4 rings (SSSR count). The molecule has 1 N–H and O–H groups in total. The average Bonchev–Trinajstić information content (AvgIpc) is 2.49. The molecular formula is C17H14ClFN2OS. The van der Waals surface area contributed by atoms with Crippen molar-refractivity contribution in [1.82, 2.24) is 5.32 Å². The molecule has 0 aromatic heterocycles. The third-order valence-corrected chi connectivity index (χ3v) is 4.87. The summed E-state index contributed by atoms with van der Waals surface area (Å²) in [4.78, 5) is 1.95. The Morgan fingerprint density at radius 1 is 1.30 bits per heavy atom. The van der Waals surface area contributed by atoms with E-state index in [0.29, 0.717) is 22.3 Å². The van der Waals surface area contributed by atoms with Gasteiger partial charge in [-0.25, -0.2) is 4.39 Å². The van der Waals surface area contributed by atoms with Crippen LogP contribution in [-0.2, 0) is 0 Å². The number of thiocarbonyl (C=S) groups is 1. The predicted molar refractivity (Wildman–Crippen MR) is 92.5 cm³/mol. The number of benzene rings is 2. The maximum atomic E-state index is 13.6. The van der Waals surface area contributed by atoms with Crippen molar-refractivity contribution in [1.29, 1.82) is 0 Å². The zero-order chi connectivity index (χ0) is 16.2. The van der Waals surface area contributed by atoms with Crippen LogP contribution in [0.15, 0.2) is 42.5 Å². The lowest BCUT2D eigenvalue weighted by atomic mass is 9.90. The first-order chi connectivity index (χ1) is 11.0. The Morgan fingerprint density at radius 2 is 2.04 bits per heavy atom. The molecule has 2 aliphatic heterocycles. The number of fused-ring (bicyclic) bond motifs is 4. The van der Waals surface area contributed by atoms with Crippen LogP contribution in [-0.4, -0.2) is 10.8 Å². The van der Waals surface area contributed by atoms with Gasteiger partial charge in [0.25, 0.3) is 0 Å². The first-order valence-corrected chi connectivity index (χ1v) is 8.10. The van der Waals surface area contributed by atoms with Crippen LogP contribution in [0.3, 0.4) is 0 Å². The number of nitrogens with zero attached hydrogens (tertiary/aromatic N) is 1. The second-order valence-corrected chi connectivity index (χ2v) is 6.80. The van der Waals surface area contributed by atoms with E-state index < -0.39 is 5.72 Å². The van der Waals surface area contributed by atoms with Crippen molar-refractivity contribution < 1.29 is 9.13 Å². The van der Waals surface area contributed by atoms with Crippen molar-refractivity contribution in [3.05, 3.63) is 58.9 Å². The van der Waals surface area contributed by atoms with Gasteiger partial charge in [0, 0.05) is 22.7 Å². The standard InChI is InChI=1S/C17H14ClFN2OS/c1-17-9-14(13-8-11(19)4-7-15(13)22-17)20-16(23)21(17)12-5-2-10(18)3-6-12/h2-8,14H,9H2,1H3,(H,20,23)/t14-,17+/m1/s1. The second kappa shape index (κ2) is 5.08. The van der Waals surface area contributed by atoms with E-state index in [9.17, 15) is 4.39 Å². The molecule has 0 spiro atoms. The Bertz CT molecular complexity index is 798. The number of hydrogen-bond acceptors (Lipinski definition) is 2. The monoisotopic (exact) mass is 348 g/mol. The summed E-state index contributed by atoms with van der Waals surface area (Å²) >= 11 is 11.5. The Balaban J connectivity index is 1.79. The van der Waals surface area contributed by atoms with Gasteiger partial charge in [-0.3, -0.25) is 4.90 Å². The number of anilines is 1. The molecule has 0 amide bonds. The van der Waals surface area contributed by atoms with Crippen LogP contribution in [0.4, 0.5) is 10.1 Å². The van der Waals surface area contributed by atoms with E-state index in [1.807, 2.05) is 36.1 Å². The average molecular weight is 349 g/mol. The van der Waals surface area contributed by atoms with Gasteiger partial charge in [0.1, 0.15) is 11.6 Å². The van der Waals surface area contributed by atoms with Crippen LogP contribution in [0.5, 0.6) is 5.75 Å². The van der Waals surface area contributed by atoms with Crippen LogP contribution in [0.2, 0.25) is 5.02 Å². The molecule has 0 unspecified atom stereocenters. The third kappa shape index (κ3) is 2.35. The van der Waals surface area contributed by atoms with E-state index in [4.69, 9.17) is 28.6 Å². The van der Waals surface area contributed by atoms with Gasteiger partial charge in [-0.2, -0.15) is 0 Å². The minimum Gasteiger partial charge on any atom is -0.467 e. The fourth-order valence-electron chi connectivity index (χ4n) is 3.33. The Labute approximate surface area is 144 Å². The molecule has 2 bridgehead atoms. The minimum atomic E-state index is -0.633. The molecule has 1 saturated heterocycles. The Kier molecular flexibility index (Phi) is 3.25. The smallest absolute Gasteiger partial charge is 0.188 e. The van der Waals surface area contributed by atoms with Crippen LogP contribution in [0, 0.1) is 5.82 Å². The molecular weight excluding hydrogens is 335 g/mol. The number of halogens is 2. The van der Waals surface area contributed by atoms with E-state index in [1.54, 1.807) is 6.07 Å². The Morgan fingerprint density at radius 3 is 2.78 bits per heavy atom. The molecule has 2 atom stereocenters. The summed E-state index contributed by atoms with van der Waals surface area (Å²) in [6.07, 6.45) is 0.659. The van der Waals surface area contributed by atoms with Gasteiger partial charge >= 0.3 is 0 Å². The van der Waals surface area contributed by atoms with Crippen LogP contribution in [0.25, 0.3) is 0 Å². The van der Waals surface area contributed by atoms with Crippen molar-refractivity contribution >= 4 is 34.6 Å². The molecule has 1 fully saturated rings. The zero-order valence-electron chi connectivity index (χ0n) is 12.3. The normalized spacial score (nSPS) is 25.4. The predicted octanol–water partition coefficient (Wildman–Crippen LogP) is 4.41.